The lowest BCUT2D eigenvalue weighted by Crippen LogP contribution is -2.39. The van der Waals surface area contributed by atoms with Crippen molar-refractivity contribution in [2.45, 2.75) is 39.8 Å². The number of aromatic amines is 1. The average Bonchev–Trinajstić information content (AvgIpc) is 3.42. The Morgan fingerprint density at radius 3 is 2.94 bits per heavy atom. The number of ether oxygens (including phenoxy) is 2. The summed E-state index contributed by atoms with van der Waals surface area (Å²) in [4.78, 5) is 25.1. The minimum absolute atomic E-state index is 0.108. The third kappa shape index (κ3) is 5.44. The number of fused-ring (bicyclic) bond motifs is 2. The highest BCUT2D eigenvalue weighted by molar-refractivity contribution is 6.32. The van der Waals surface area contributed by atoms with Gasteiger partial charge in [-0.3, -0.25) is 9.69 Å². The fourth-order valence-corrected chi connectivity index (χ4v) is 5.44. The van der Waals surface area contributed by atoms with E-state index in [0.717, 1.165) is 36.0 Å². The number of carbonyl (C=O) groups is 1. The molecule has 0 spiro atoms. The average molecular weight is 515 g/mol. The molecule has 1 fully saturated rings. The second kappa shape index (κ2) is 10.6. The molecule has 1 N–H and O–H groups in total. The molecule has 7 nitrogen and oxygen atoms in total. The van der Waals surface area contributed by atoms with Gasteiger partial charge >= 0.3 is 0 Å². The Hall–Kier alpha value is -2.84. The van der Waals surface area contributed by atoms with E-state index in [4.69, 9.17) is 21.1 Å². The van der Waals surface area contributed by atoms with E-state index in [-0.39, 0.29) is 17.6 Å². The number of rotatable bonds is 7. The molecule has 0 aliphatic carbocycles. The van der Waals surface area contributed by atoms with Crippen molar-refractivity contribution >= 4 is 28.5 Å². The molecule has 3 heterocycles. The molecule has 5 rings (SSSR count). The number of hydrogen-bond acceptors (Lipinski definition) is 5. The van der Waals surface area contributed by atoms with Crippen LogP contribution in [0.15, 0.2) is 30.6 Å². The fourth-order valence-electron chi connectivity index (χ4n) is 5.15. The minimum Gasteiger partial charge on any atom is -0.489 e. The van der Waals surface area contributed by atoms with Crippen LogP contribution in [0.2, 0.25) is 5.02 Å². The fraction of sp³-hybridized carbons (Fsp3) is 0.481. The number of nitrogens with zero attached hydrogens (tertiary/aromatic N) is 3. The maximum atomic E-state index is 14.1. The Labute approximate surface area is 215 Å². The summed E-state index contributed by atoms with van der Waals surface area (Å²) >= 11 is 6.51. The Morgan fingerprint density at radius 2 is 2.11 bits per heavy atom. The van der Waals surface area contributed by atoms with Gasteiger partial charge in [0.25, 0.3) is 0 Å². The molecular formula is C27H32ClFN4O3. The van der Waals surface area contributed by atoms with Crippen molar-refractivity contribution in [3.63, 3.8) is 0 Å². The van der Waals surface area contributed by atoms with Crippen LogP contribution >= 0.6 is 11.6 Å². The second-order valence-corrected chi connectivity index (χ2v) is 10.6. The summed E-state index contributed by atoms with van der Waals surface area (Å²) in [5.41, 5.74) is 3.22. The minimum atomic E-state index is -0.287. The summed E-state index contributed by atoms with van der Waals surface area (Å²) < 4.78 is 25.7. The van der Waals surface area contributed by atoms with Crippen molar-refractivity contribution in [3.8, 4) is 11.5 Å². The SMILES string of the molecule is CC(C)CN(Cc1cc(Cl)c2c(c1)OCCCO2)C(=O)[C@@H]1CCN(Cc2cc(F)cc3[nH]cnc23)C1. The third-order valence-electron chi connectivity index (χ3n) is 6.72. The summed E-state index contributed by atoms with van der Waals surface area (Å²) in [6, 6.07) is 6.80. The molecule has 3 aromatic rings. The predicted octanol–water partition coefficient (Wildman–Crippen LogP) is 5.02. The Kier molecular flexibility index (Phi) is 7.34. The highest BCUT2D eigenvalue weighted by Gasteiger charge is 2.32. The molecule has 9 heteroatoms. The number of carbonyl (C=O) groups excluding carboxylic acids is 1. The van der Waals surface area contributed by atoms with Crippen molar-refractivity contribution in [3.05, 3.63) is 52.6 Å². The topological polar surface area (TPSA) is 70.7 Å². The molecule has 2 aromatic carbocycles. The Morgan fingerprint density at radius 1 is 1.28 bits per heavy atom. The van der Waals surface area contributed by atoms with Crippen molar-refractivity contribution in [2.24, 2.45) is 11.8 Å². The normalized spacial score (nSPS) is 18.1. The summed E-state index contributed by atoms with van der Waals surface area (Å²) in [6.45, 7) is 8.47. The lowest BCUT2D eigenvalue weighted by atomic mass is 10.0. The summed E-state index contributed by atoms with van der Waals surface area (Å²) in [6.07, 6.45) is 3.16. The van der Waals surface area contributed by atoms with Gasteiger partial charge in [-0.05, 0) is 54.3 Å². The summed E-state index contributed by atoms with van der Waals surface area (Å²) in [5.74, 6) is 1.28. The first-order chi connectivity index (χ1) is 17.4. The number of amides is 1. The lowest BCUT2D eigenvalue weighted by Gasteiger charge is -2.28. The first-order valence-electron chi connectivity index (χ1n) is 12.6. The van der Waals surface area contributed by atoms with Crippen LogP contribution in [0, 0.1) is 17.7 Å². The number of halogens is 2. The molecular weight excluding hydrogens is 483 g/mol. The molecule has 0 saturated carbocycles. The van der Waals surface area contributed by atoms with E-state index in [1.165, 1.54) is 12.1 Å². The highest BCUT2D eigenvalue weighted by atomic mass is 35.5. The number of hydrogen-bond donors (Lipinski definition) is 1. The predicted molar refractivity (Wildman–Crippen MR) is 137 cm³/mol. The molecule has 1 saturated heterocycles. The van der Waals surface area contributed by atoms with Crippen molar-refractivity contribution in [2.75, 3.05) is 32.8 Å². The van der Waals surface area contributed by atoms with E-state index in [1.807, 2.05) is 17.0 Å². The van der Waals surface area contributed by atoms with Gasteiger partial charge < -0.3 is 19.4 Å². The lowest BCUT2D eigenvalue weighted by molar-refractivity contribution is -0.136. The van der Waals surface area contributed by atoms with E-state index in [0.29, 0.717) is 67.3 Å². The summed E-state index contributed by atoms with van der Waals surface area (Å²) in [7, 11) is 0. The Bertz CT molecular complexity index is 1250. The summed E-state index contributed by atoms with van der Waals surface area (Å²) in [5, 5.41) is 0.508. The smallest absolute Gasteiger partial charge is 0.227 e. The first-order valence-corrected chi connectivity index (χ1v) is 13.0. The van der Waals surface area contributed by atoms with E-state index in [1.54, 1.807) is 6.33 Å². The first kappa shape index (κ1) is 24.8. The van der Waals surface area contributed by atoms with E-state index in [9.17, 15) is 9.18 Å². The third-order valence-corrected chi connectivity index (χ3v) is 7.00. The zero-order valence-corrected chi connectivity index (χ0v) is 21.5. The van der Waals surface area contributed by atoms with E-state index >= 15 is 0 Å². The van der Waals surface area contributed by atoms with Crippen LogP contribution < -0.4 is 9.47 Å². The van der Waals surface area contributed by atoms with Crippen molar-refractivity contribution in [1.29, 1.82) is 0 Å². The number of likely N-dealkylation sites (tertiary alicyclic amines) is 1. The molecule has 1 amide bonds. The van der Waals surface area contributed by atoms with Gasteiger partial charge in [0.1, 0.15) is 5.82 Å². The van der Waals surface area contributed by atoms with Crippen LogP contribution in [-0.2, 0) is 17.9 Å². The Balaban J connectivity index is 1.29. The van der Waals surface area contributed by atoms with Gasteiger partial charge in [0.05, 0.1) is 41.5 Å². The van der Waals surface area contributed by atoms with Gasteiger partial charge in [-0.15, -0.1) is 0 Å². The maximum Gasteiger partial charge on any atom is 0.227 e. The van der Waals surface area contributed by atoms with E-state index in [2.05, 4.69) is 28.7 Å². The molecule has 0 radical (unpaired) electrons. The largest absolute Gasteiger partial charge is 0.489 e. The van der Waals surface area contributed by atoms with Gasteiger partial charge in [-0.2, -0.15) is 0 Å². The van der Waals surface area contributed by atoms with Gasteiger partial charge in [0.2, 0.25) is 5.91 Å². The molecule has 1 atom stereocenters. The highest BCUT2D eigenvalue weighted by Crippen LogP contribution is 2.38. The number of nitrogens with one attached hydrogen (secondary N) is 1. The number of H-pyrrole nitrogens is 1. The standard InChI is InChI=1S/C27H32ClFN4O3/c1-17(2)12-33(13-18-8-22(28)26-24(9-18)35-6-3-7-36-26)27(34)19-4-5-32(14-19)15-20-10-21(29)11-23-25(20)31-16-30-23/h8-11,16-17,19H,3-7,12-15H2,1-2H3,(H,30,31)/t19-/m1/s1. The van der Waals surface area contributed by atoms with Crippen LogP contribution in [-0.4, -0.2) is 58.5 Å². The zero-order valence-electron chi connectivity index (χ0n) is 20.7. The monoisotopic (exact) mass is 514 g/mol. The number of imidazole rings is 1. The van der Waals surface area contributed by atoms with Crippen LogP contribution in [0.4, 0.5) is 4.39 Å². The van der Waals surface area contributed by atoms with Gasteiger partial charge in [-0.25, -0.2) is 9.37 Å². The number of aromatic nitrogens is 2. The van der Waals surface area contributed by atoms with Crippen LogP contribution in [0.5, 0.6) is 11.5 Å². The van der Waals surface area contributed by atoms with Gasteiger partial charge in [0, 0.05) is 32.6 Å². The molecule has 192 valence electrons. The van der Waals surface area contributed by atoms with Gasteiger partial charge in [0.15, 0.2) is 11.5 Å². The molecule has 1 aromatic heterocycles. The quantitative estimate of drug-likeness (QED) is 0.479. The van der Waals surface area contributed by atoms with Crippen molar-refractivity contribution < 1.29 is 18.7 Å². The van der Waals surface area contributed by atoms with Crippen LogP contribution in [0.25, 0.3) is 11.0 Å². The second-order valence-electron chi connectivity index (χ2n) is 10.2. The molecule has 0 unspecified atom stereocenters. The van der Waals surface area contributed by atoms with Crippen molar-refractivity contribution in [1.82, 2.24) is 19.8 Å². The molecule has 36 heavy (non-hydrogen) atoms. The number of benzene rings is 2. The van der Waals surface area contributed by atoms with Gasteiger partial charge in [-0.1, -0.05) is 25.4 Å². The molecule has 2 aliphatic heterocycles. The molecule has 2 aliphatic rings. The van der Waals surface area contributed by atoms with Crippen LogP contribution in [0.3, 0.4) is 0 Å². The maximum absolute atomic E-state index is 14.1. The molecule has 0 bridgehead atoms. The zero-order chi connectivity index (χ0) is 25.2. The van der Waals surface area contributed by atoms with Crippen LogP contribution in [0.1, 0.15) is 37.8 Å². The van der Waals surface area contributed by atoms with E-state index < -0.39 is 0 Å².